The molecule has 12 heavy (non-hydrogen) atoms. The van der Waals surface area contributed by atoms with Crippen LogP contribution in [0.3, 0.4) is 0 Å². The van der Waals surface area contributed by atoms with E-state index in [1.807, 2.05) is 0 Å². The second-order valence-electron chi connectivity index (χ2n) is 1.79. The van der Waals surface area contributed by atoms with Crippen molar-refractivity contribution in [3.63, 3.8) is 0 Å². The number of sulfonamides is 1. The molecule has 0 aliphatic rings. The summed E-state index contributed by atoms with van der Waals surface area (Å²) in [5.74, 6) is 0. The van der Waals surface area contributed by atoms with Gasteiger partial charge in [-0.15, -0.1) is 0 Å². The molecule has 0 spiro atoms. The number of aliphatic hydroxyl groups excluding tert-OH is 1. The number of hydroxylamine groups is 1. The summed E-state index contributed by atoms with van der Waals surface area (Å²) in [6, 6.07) is 0. The largest absolute Gasteiger partial charge is 0.618 e. The summed E-state index contributed by atoms with van der Waals surface area (Å²) in [7, 11) is -5.74. The van der Waals surface area contributed by atoms with Gasteiger partial charge in [0, 0.05) is 0 Å². The van der Waals surface area contributed by atoms with Crippen LogP contribution in [0.2, 0.25) is 0 Å². The Morgan fingerprint density at radius 1 is 1.42 bits per heavy atom. The van der Waals surface area contributed by atoms with Gasteiger partial charge in [0.05, 0.1) is 6.61 Å². The summed E-state index contributed by atoms with van der Waals surface area (Å²) < 4.78 is 52.8. The molecule has 0 bridgehead atoms. The van der Waals surface area contributed by atoms with Gasteiger partial charge >= 0.3 is 15.5 Å². The summed E-state index contributed by atoms with van der Waals surface area (Å²) >= 11 is 0. The highest BCUT2D eigenvalue weighted by Gasteiger charge is 2.51. The van der Waals surface area contributed by atoms with E-state index in [-0.39, 0.29) is 0 Å². The number of hydrogen-bond donors (Lipinski definition) is 2. The number of aliphatic hydroxyl groups is 1. The van der Waals surface area contributed by atoms with Crippen LogP contribution in [0.5, 0.6) is 0 Å². The first kappa shape index (κ1) is 11.6. The lowest BCUT2D eigenvalue weighted by Gasteiger charge is -2.20. The Morgan fingerprint density at radius 2 is 1.83 bits per heavy atom. The summed E-state index contributed by atoms with van der Waals surface area (Å²) in [5.41, 5.74) is -5.57. The molecule has 0 radical (unpaired) electrons. The van der Waals surface area contributed by atoms with Gasteiger partial charge in [0.25, 0.3) is 0 Å². The van der Waals surface area contributed by atoms with E-state index in [9.17, 15) is 26.8 Å². The Kier molecular flexibility index (Phi) is 3.45. The summed E-state index contributed by atoms with van der Waals surface area (Å²) in [6.45, 7) is -1.96. The third-order valence-corrected chi connectivity index (χ3v) is 2.33. The molecular formula is C3H6F3NO4S. The first-order valence-electron chi connectivity index (χ1n) is 2.68. The predicted molar refractivity (Wildman–Crippen MR) is 31.3 cm³/mol. The topological polar surface area (TPSA) is 81.9 Å². The standard InChI is InChI=1S/C3H6F3NO4S/c4-3(5,6)12(10,11)7(9)1-2-8/h7-8H,1-2H2. The molecule has 1 unspecified atom stereocenters. The van der Waals surface area contributed by atoms with Crippen molar-refractivity contribution >= 4 is 10.0 Å². The van der Waals surface area contributed by atoms with Crippen LogP contribution in [0.15, 0.2) is 0 Å². The fourth-order valence-corrected chi connectivity index (χ4v) is 0.973. The molecule has 74 valence electrons. The van der Waals surface area contributed by atoms with E-state index >= 15 is 0 Å². The number of rotatable bonds is 3. The van der Waals surface area contributed by atoms with Gasteiger partial charge in [0.15, 0.2) is 0 Å². The van der Waals surface area contributed by atoms with Crippen LogP contribution in [0.1, 0.15) is 0 Å². The van der Waals surface area contributed by atoms with Crippen molar-refractivity contribution in [2.75, 3.05) is 13.2 Å². The summed E-state index contributed by atoms with van der Waals surface area (Å²) in [4.78, 5) is 0. The minimum atomic E-state index is -5.74. The lowest BCUT2D eigenvalue weighted by Crippen LogP contribution is -3.11. The van der Waals surface area contributed by atoms with E-state index in [2.05, 4.69) is 0 Å². The Labute approximate surface area is 66.0 Å². The Bertz CT molecular complexity index is 234. The molecule has 0 aromatic heterocycles. The SMILES string of the molecule is O=S(=O)([NH+]([O-])CCO)C(F)(F)F. The van der Waals surface area contributed by atoms with Crippen LogP contribution in [0.4, 0.5) is 13.2 Å². The molecule has 0 saturated carbocycles. The van der Waals surface area contributed by atoms with Crippen LogP contribution >= 0.6 is 0 Å². The minimum absolute atomic E-state index is 0.922. The van der Waals surface area contributed by atoms with Crippen molar-refractivity contribution < 1.29 is 31.2 Å². The molecule has 0 aliphatic carbocycles. The summed E-state index contributed by atoms with van der Waals surface area (Å²) in [5, 5.41) is 18.3. The zero-order valence-corrected chi connectivity index (χ0v) is 6.44. The number of nitrogens with one attached hydrogen (secondary N) is 1. The van der Waals surface area contributed by atoms with Gasteiger partial charge < -0.3 is 10.3 Å². The second kappa shape index (κ2) is 3.56. The number of quaternary nitrogens is 1. The maximum Gasteiger partial charge on any atom is 0.549 e. The van der Waals surface area contributed by atoms with Gasteiger partial charge in [-0.05, 0) is 0 Å². The van der Waals surface area contributed by atoms with Crippen molar-refractivity contribution in [2.45, 2.75) is 5.51 Å². The summed E-state index contributed by atoms with van der Waals surface area (Å²) in [6.07, 6.45) is 0. The highest BCUT2D eigenvalue weighted by molar-refractivity contribution is 7.86. The maximum atomic E-state index is 11.5. The van der Waals surface area contributed by atoms with Crippen LogP contribution in [-0.4, -0.2) is 32.2 Å². The van der Waals surface area contributed by atoms with Gasteiger partial charge in [-0.1, -0.05) is 0 Å². The highest BCUT2D eigenvalue weighted by atomic mass is 32.2. The van der Waals surface area contributed by atoms with E-state index in [4.69, 9.17) is 5.11 Å². The third-order valence-electron chi connectivity index (χ3n) is 0.920. The molecule has 0 fully saturated rings. The molecule has 0 amide bonds. The molecule has 0 heterocycles. The van der Waals surface area contributed by atoms with Crippen molar-refractivity contribution in [3.05, 3.63) is 5.21 Å². The van der Waals surface area contributed by atoms with Crippen molar-refractivity contribution in [3.8, 4) is 0 Å². The van der Waals surface area contributed by atoms with Crippen LogP contribution in [-0.2, 0) is 10.0 Å². The van der Waals surface area contributed by atoms with Crippen LogP contribution in [0, 0.1) is 5.21 Å². The third kappa shape index (κ3) is 2.30. The maximum absolute atomic E-state index is 11.5. The molecule has 0 aromatic carbocycles. The van der Waals surface area contributed by atoms with E-state index < -0.39 is 33.2 Å². The zero-order valence-electron chi connectivity index (χ0n) is 5.63. The fourth-order valence-electron chi connectivity index (χ4n) is 0.355. The molecule has 2 N–H and O–H groups in total. The van der Waals surface area contributed by atoms with E-state index in [0.717, 1.165) is 0 Å². The second-order valence-corrected chi connectivity index (χ2v) is 3.72. The number of hydrogen-bond acceptors (Lipinski definition) is 4. The van der Waals surface area contributed by atoms with Gasteiger partial charge in [-0.2, -0.15) is 21.6 Å². The first-order chi connectivity index (χ1) is 5.23. The van der Waals surface area contributed by atoms with Crippen molar-refractivity contribution in [1.82, 2.24) is 0 Å². The van der Waals surface area contributed by atoms with Crippen molar-refractivity contribution in [1.29, 1.82) is 0 Å². The average molecular weight is 209 g/mol. The molecule has 5 nitrogen and oxygen atoms in total. The molecule has 0 aliphatic heterocycles. The minimum Gasteiger partial charge on any atom is -0.618 e. The van der Waals surface area contributed by atoms with E-state index in [1.165, 1.54) is 0 Å². The smallest absolute Gasteiger partial charge is 0.549 e. The van der Waals surface area contributed by atoms with Crippen LogP contribution < -0.4 is 4.47 Å². The van der Waals surface area contributed by atoms with Gasteiger partial charge in [0.2, 0.25) is 0 Å². The normalized spacial score (nSPS) is 16.1. The quantitative estimate of drug-likeness (QED) is 0.538. The lowest BCUT2D eigenvalue weighted by atomic mass is 10.7. The molecule has 0 aromatic rings. The molecule has 0 saturated heterocycles. The molecule has 9 heteroatoms. The van der Waals surface area contributed by atoms with Gasteiger partial charge in [-0.3, -0.25) is 4.47 Å². The highest BCUT2D eigenvalue weighted by Crippen LogP contribution is 2.18. The van der Waals surface area contributed by atoms with E-state index in [1.54, 1.807) is 0 Å². The van der Waals surface area contributed by atoms with E-state index in [0.29, 0.717) is 0 Å². The first-order valence-corrected chi connectivity index (χ1v) is 4.17. The average Bonchev–Trinajstić information content (AvgIpc) is 1.85. The Balaban J connectivity index is 4.64. The van der Waals surface area contributed by atoms with Crippen LogP contribution in [0.25, 0.3) is 0 Å². The predicted octanol–water partition coefficient (Wildman–Crippen LogP) is -1.79. The molecule has 1 atom stereocenters. The Morgan fingerprint density at radius 3 is 2.08 bits per heavy atom. The van der Waals surface area contributed by atoms with Crippen molar-refractivity contribution in [2.24, 2.45) is 0 Å². The Hall–Kier alpha value is -0.380. The van der Waals surface area contributed by atoms with Gasteiger partial charge in [0.1, 0.15) is 6.54 Å². The molecular weight excluding hydrogens is 203 g/mol. The fraction of sp³-hybridized carbons (Fsp3) is 1.00. The lowest BCUT2D eigenvalue weighted by molar-refractivity contribution is -0.712. The molecule has 0 rings (SSSR count). The number of alkyl halides is 3. The number of halogens is 3. The monoisotopic (exact) mass is 209 g/mol. The zero-order chi connectivity index (χ0) is 9.99. The van der Waals surface area contributed by atoms with Gasteiger partial charge in [-0.25, -0.2) is 0 Å².